The molecule has 3 rings (SSSR count). The fourth-order valence-corrected chi connectivity index (χ4v) is 2.99. The number of carbonyl (C=O) groups is 1. The van der Waals surface area contributed by atoms with E-state index in [0.29, 0.717) is 12.2 Å². The number of ether oxygens (including phenoxy) is 1. The Labute approximate surface area is 161 Å². The van der Waals surface area contributed by atoms with Gasteiger partial charge in [0.15, 0.2) is 5.78 Å². The third-order valence-corrected chi connectivity index (χ3v) is 4.40. The zero-order valence-electron chi connectivity index (χ0n) is 14.6. The average molecular weight is 411 g/mol. The summed E-state index contributed by atoms with van der Waals surface area (Å²) in [5.41, 5.74) is 3.25. The molecule has 132 valence electrons. The van der Waals surface area contributed by atoms with Crippen molar-refractivity contribution in [1.82, 2.24) is 9.78 Å². The fraction of sp³-hybridized carbons (Fsp3) is 0.143. The maximum Gasteiger partial charge on any atom is 0.189 e. The minimum atomic E-state index is -0.0791. The Morgan fingerprint density at radius 3 is 2.69 bits per heavy atom. The molecule has 0 amide bonds. The highest BCUT2D eigenvalue weighted by atomic mass is 79.9. The van der Waals surface area contributed by atoms with E-state index in [-0.39, 0.29) is 5.78 Å². The molecular weight excluding hydrogens is 392 g/mol. The maximum atomic E-state index is 12.4. The van der Waals surface area contributed by atoms with Crippen molar-refractivity contribution < 1.29 is 9.53 Å². The van der Waals surface area contributed by atoms with E-state index in [0.717, 1.165) is 27.0 Å². The van der Waals surface area contributed by atoms with E-state index in [1.807, 2.05) is 55.5 Å². The number of allylic oxidation sites excluding steroid dienone is 1. The van der Waals surface area contributed by atoms with E-state index in [9.17, 15) is 4.79 Å². The summed E-state index contributed by atoms with van der Waals surface area (Å²) in [6.45, 7) is 2.30. The molecule has 4 nitrogen and oxygen atoms in total. The number of nitrogens with zero attached hydrogens (tertiary/aromatic N) is 2. The lowest BCUT2D eigenvalue weighted by Crippen LogP contribution is -1.98. The molecule has 0 spiro atoms. The van der Waals surface area contributed by atoms with Crippen LogP contribution >= 0.6 is 15.9 Å². The van der Waals surface area contributed by atoms with E-state index < -0.39 is 0 Å². The van der Waals surface area contributed by atoms with Crippen molar-refractivity contribution in [3.8, 4) is 5.75 Å². The Morgan fingerprint density at radius 1 is 1.23 bits per heavy atom. The Kier molecular flexibility index (Phi) is 5.68. The number of benzene rings is 2. The van der Waals surface area contributed by atoms with Crippen molar-refractivity contribution in [1.29, 1.82) is 0 Å². The van der Waals surface area contributed by atoms with Crippen LogP contribution in [0.5, 0.6) is 5.75 Å². The highest BCUT2D eigenvalue weighted by Crippen LogP contribution is 2.25. The van der Waals surface area contributed by atoms with Crippen LogP contribution in [0.2, 0.25) is 0 Å². The Hall–Kier alpha value is -2.66. The molecule has 26 heavy (non-hydrogen) atoms. The summed E-state index contributed by atoms with van der Waals surface area (Å²) in [5.74, 6) is 0.647. The average Bonchev–Trinajstić information content (AvgIpc) is 2.98. The van der Waals surface area contributed by atoms with Gasteiger partial charge >= 0.3 is 0 Å². The van der Waals surface area contributed by atoms with Crippen LogP contribution < -0.4 is 4.74 Å². The highest BCUT2D eigenvalue weighted by molar-refractivity contribution is 9.10. The maximum absolute atomic E-state index is 12.4. The second-order valence-electron chi connectivity index (χ2n) is 5.96. The summed E-state index contributed by atoms with van der Waals surface area (Å²) in [7, 11) is 1.80. The number of carbonyl (C=O) groups excluding carboxylic acids is 1. The topological polar surface area (TPSA) is 44.1 Å². The van der Waals surface area contributed by atoms with Gasteiger partial charge < -0.3 is 4.74 Å². The number of hydrogen-bond acceptors (Lipinski definition) is 3. The van der Waals surface area contributed by atoms with Gasteiger partial charge in [-0.1, -0.05) is 46.3 Å². The first-order valence-corrected chi connectivity index (χ1v) is 9.01. The van der Waals surface area contributed by atoms with Gasteiger partial charge in [0.2, 0.25) is 0 Å². The summed E-state index contributed by atoms with van der Waals surface area (Å²) in [5, 5.41) is 4.21. The second-order valence-corrected chi connectivity index (χ2v) is 6.87. The predicted molar refractivity (Wildman–Crippen MR) is 106 cm³/mol. The Balaban J connectivity index is 1.79. The van der Waals surface area contributed by atoms with E-state index in [1.54, 1.807) is 30.1 Å². The summed E-state index contributed by atoms with van der Waals surface area (Å²) in [6.07, 6.45) is 5.07. The smallest absolute Gasteiger partial charge is 0.189 e. The van der Waals surface area contributed by atoms with E-state index >= 15 is 0 Å². The van der Waals surface area contributed by atoms with Crippen LogP contribution in [0.4, 0.5) is 0 Å². The lowest BCUT2D eigenvalue weighted by Gasteiger charge is -2.10. The molecule has 0 aliphatic carbocycles. The van der Waals surface area contributed by atoms with Gasteiger partial charge in [-0.25, -0.2) is 0 Å². The third-order valence-electron chi connectivity index (χ3n) is 3.90. The molecular formula is C21H19BrN2O2. The zero-order chi connectivity index (χ0) is 18.5. The van der Waals surface area contributed by atoms with Gasteiger partial charge in [-0.2, -0.15) is 5.10 Å². The SMILES string of the molecule is Cc1nn(C)cc1C(=O)C=Cc1cc(Br)ccc1OCc1ccccc1. The van der Waals surface area contributed by atoms with Crippen molar-refractivity contribution in [3.63, 3.8) is 0 Å². The van der Waals surface area contributed by atoms with E-state index in [1.165, 1.54) is 0 Å². The van der Waals surface area contributed by atoms with Crippen LogP contribution in [-0.2, 0) is 13.7 Å². The molecule has 0 atom stereocenters. The number of rotatable bonds is 6. The first kappa shape index (κ1) is 18.1. The molecule has 0 aliphatic heterocycles. The summed E-state index contributed by atoms with van der Waals surface area (Å²) < 4.78 is 8.51. The van der Waals surface area contributed by atoms with Crippen molar-refractivity contribution in [2.45, 2.75) is 13.5 Å². The van der Waals surface area contributed by atoms with Crippen molar-refractivity contribution >= 4 is 27.8 Å². The summed E-state index contributed by atoms with van der Waals surface area (Å²) in [4.78, 5) is 12.4. The van der Waals surface area contributed by atoms with Gasteiger partial charge in [0.25, 0.3) is 0 Å². The summed E-state index contributed by atoms with van der Waals surface area (Å²) in [6, 6.07) is 15.7. The Bertz CT molecular complexity index is 946. The van der Waals surface area contributed by atoms with Gasteiger partial charge in [-0.05, 0) is 42.8 Å². The molecule has 1 heterocycles. The Morgan fingerprint density at radius 2 is 2.00 bits per heavy atom. The molecule has 0 saturated heterocycles. The fourth-order valence-electron chi connectivity index (χ4n) is 2.61. The molecule has 0 unspecified atom stereocenters. The minimum Gasteiger partial charge on any atom is -0.488 e. The van der Waals surface area contributed by atoms with Crippen LogP contribution in [0.25, 0.3) is 6.08 Å². The minimum absolute atomic E-state index is 0.0791. The molecule has 0 saturated carbocycles. The molecule has 0 radical (unpaired) electrons. The lowest BCUT2D eigenvalue weighted by atomic mass is 10.1. The normalized spacial score (nSPS) is 11.0. The number of aryl methyl sites for hydroxylation is 2. The lowest BCUT2D eigenvalue weighted by molar-refractivity contribution is 0.104. The first-order chi connectivity index (χ1) is 12.5. The predicted octanol–water partition coefficient (Wildman–Crippen LogP) is 4.97. The third kappa shape index (κ3) is 4.49. The molecule has 0 aliphatic rings. The standard InChI is InChI=1S/C21H19BrN2O2/c1-15-19(13-24(2)23-15)20(25)10-8-17-12-18(22)9-11-21(17)26-14-16-6-4-3-5-7-16/h3-13H,14H2,1-2H3. The molecule has 0 fully saturated rings. The van der Waals surface area contributed by atoms with Crippen LogP contribution in [0.3, 0.4) is 0 Å². The van der Waals surface area contributed by atoms with Crippen molar-refractivity contribution in [3.05, 3.63) is 87.7 Å². The summed E-state index contributed by atoms with van der Waals surface area (Å²) >= 11 is 3.47. The molecule has 2 aromatic carbocycles. The largest absolute Gasteiger partial charge is 0.488 e. The van der Waals surface area contributed by atoms with Crippen LogP contribution in [-0.4, -0.2) is 15.6 Å². The van der Waals surface area contributed by atoms with Crippen LogP contribution in [0.1, 0.15) is 27.2 Å². The van der Waals surface area contributed by atoms with E-state index in [4.69, 9.17) is 4.74 Å². The second kappa shape index (κ2) is 8.15. The monoisotopic (exact) mass is 410 g/mol. The van der Waals surface area contributed by atoms with Gasteiger partial charge in [-0.15, -0.1) is 0 Å². The van der Waals surface area contributed by atoms with Gasteiger partial charge in [0.05, 0.1) is 11.3 Å². The van der Waals surface area contributed by atoms with Crippen LogP contribution in [0.15, 0.2) is 65.3 Å². The van der Waals surface area contributed by atoms with Crippen molar-refractivity contribution in [2.24, 2.45) is 7.05 Å². The highest BCUT2D eigenvalue weighted by Gasteiger charge is 2.10. The zero-order valence-corrected chi connectivity index (χ0v) is 16.2. The molecule has 3 aromatic rings. The number of ketones is 1. The van der Waals surface area contributed by atoms with Gasteiger partial charge in [-0.3, -0.25) is 9.48 Å². The van der Waals surface area contributed by atoms with Crippen LogP contribution in [0, 0.1) is 6.92 Å². The number of halogens is 1. The number of aromatic nitrogens is 2. The van der Waals surface area contributed by atoms with E-state index in [2.05, 4.69) is 21.0 Å². The molecule has 0 N–H and O–H groups in total. The van der Waals surface area contributed by atoms with Gasteiger partial charge in [0.1, 0.15) is 12.4 Å². The van der Waals surface area contributed by atoms with Gasteiger partial charge in [0, 0.05) is 23.3 Å². The quantitative estimate of drug-likeness (QED) is 0.425. The molecule has 1 aromatic heterocycles. The number of hydrogen-bond donors (Lipinski definition) is 0. The molecule has 5 heteroatoms. The first-order valence-electron chi connectivity index (χ1n) is 8.22. The van der Waals surface area contributed by atoms with Crippen molar-refractivity contribution in [2.75, 3.05) is 0 Å². The molecule has 0 bridgehead atoms.